The molecular formula is C17H20N4O2. The van der Waals surface area contributed by atoms with E-state index in [1.807, 2.05) is 24.3 Å². The highest BCUT2D eigenvalue weighted by Gasteiger charge is 2.24. The van der Waals surface area contributed by atoms with Gasteiger partial charge < -0.3 is 15.7 Å². The summed E-state index contributed by atoms with van der Waals surface area (Å²) >= 11 is 0. The highest BCUT2D eigenvalue weighted by atomic mass is 16.3. The van der Waals surface area contributed by atoms with Crippen LogP contribution in [0.3, 0.4) is 0 Å². The number of aliphatic hydroxyl groups is 1. The van der Waals surface area contributed by atoms with E-state index >= 15 is 0 Å². The average Bonchev–Trinajstić information content (AvgIpc) is 3.15. The minimum absolute atomic E-state index is 0.0560. The fraction of sp³-hybridized carbons (Fsp3) is 0.353. The summed E-state index contributed by atoms with van der Waals surface area (Å²) in [5.41, 5.74) is 2.60. The third kappa shape index (κ3) is 3.72. The summed E-state index contributed by atoms with van der Waals surface area (Å²) in [7, 11) is 0. The van der Waals surface area contributed by atoms with E-state index in [0.717, 1.165) is 36.2 Å². The number of carbonyl (C=O) groups excluding carboxylic acids is 1. The maximum atomic E-state index is 12.2. The first kappa shape index (κ1) is 15.6. The third-order valence-corrected chi connectivity index (χ3v) is 4.05. The molecule has 3 N–H and O–H groups in total. The lowest BCUT2D eigenvalue weighted by atomic mass is 10.0. The molecular weight excluding hydrogens is 292 g/mol. The van der Waals surface area contributed by atoms with E-state index in [1.54, 1.807) is 18.6 Å². The lowest BCUT2D eigenvalue weighted by Crippen LogP contribution is -2.42. The molecule has 0 aliphatic carbocycles. The standard InChI is InChI=1S/C17H20N4O2/c22-11-16(21-17(23)14-2-1-7-19-14)13-5-3-12(4-6-13)15-10-18-8-9-20-15/h3-6,8-10,14,16,19,22H,1-2,7,11H2,(H,21,23). The number of aliphatic hydroxyl groups excluding tert-OH is 1. The molecule has 1 amide bonds. The minimum Gasteiger partial charge on any atom is -0.394 e. The molecule has 2 unspecified atom stereocenters. The number of rotatable bonds is 5. The van der Waals surface area contributed by atoms with Gasteiger partial charge in [0.05, 0.1) is 30.6 Å². The fourth-order valence-electron chi connectivity index (χ4n) is 2.75. The zero-order chi connectivity index (χ0) is 16.1. The van der Waals surface area contributed by atoms with Crippen LogP contribution in [0.25, 0.3) is 11.3 Å². The molecule has 6 heteroatoms. The summed E-state index contributed by atoms with van der Waals surface area (Å²) < 4.78 is 0. The number of amides is 1. The molecule has 0 radical (unpaired) electrons. The molecule has 1 aromatic heterocycles. The molecule has 0 saturated carbocycles. The summed E-state index contributed by atoms with van der Waals surface area (Å²) in [4.78, 5) is 20.5. The van der Waals surface area contributed by atoms with E-state index in [0.29, 0.717) is 0 Å². The molecule has 6 nitrogen and oxygen atoms in total. The first-order chi connectivity index (χ1) is 11.3. The predicted molar refractivity (Wildman–Crippen MR) is 86.5 cm³/mol. The van der Waals surface area contributed by atoms with Gasteiger partial charge in [-0.25, -0.2) is 0 Å². The van der Waals surface area contributed by atoms with Gasteiger partial charge in [0.2, 0.25) is 5.91 Å². The molecule has 2 aromatic rings. The first-order valence-corrected chi connectivity index (χ1v) is 7.79. The van der Waals surface area contributed by atoms with Crippen molar-refractivity contribution in [2.45, 2.75) is 24.9 Å². The molecule has 2 heterocycles. The summed E-state index contributed by atoms with van der Waals surface area (Å²) in [6.07, 6.45) is 6.83. The quantitative estimate of drug-likeness (QED) is 0.768. The van der Waals surface area contributed by atoms with Crippen LogP contribution < -0.4 is 10.6 Å². The fourth-order valence-corrected chi connectivity index (χ4v) is 2.75. The Bertz CT molecular complexity index is 639. The van der Waals surface area contributed by atoms with E-state index in [1.165, 1.54) is 0 Å². The van der Waals surface area contributed by atoms with Crippen molar-refractivity contribution >= 4 is 5.91 Å². The van der Waals surface area contributed by atoms with Crippen LogP contribution in [0.1, 0.15) is 24.4 Å². The number of aromatic nitrogens is 2. The Kier molecular flexibility index (Phi) is 4.95. The number of benzene rings is 1. The van der Waals surface area contributed by atoms with E-state index in [4.69, 9.17) is 0 Å². The van der Waals surface area contributed by atoms with Gasteiger partial charge in [0.15, 0.2) is 0 Å². The summed E-state index contributed by atoms with van der Waals surface area (Å²) in [5, 5.41) is 15.7. The average molecular weight is 312 g/mol. The second-order valence-corrected chi connectivity index (χ2v) is 5.61. The molecule has 3 rings (SSSR count). The highest BCUT2D eigenvalue weighted by molar-refractivity contribution is 5.82. The molecule has 23 heavy (non-hydrogen) atoms. The topological polar surface area (TPSA) is 87.1 Å². The second kappa shape index (κ2) is 7.30. The summed E-state index contributed by atoms with van der Waals surface area (Å²) in [5.74, 6) is -0.0560. The van der Waals surface area contributed by atoms with Crippen molar-refractivity contribution in [3.63, 3.8) is 0 Å². The highest BCUT2D eigenvalue weighted by Crippen LogP contribution is 2.20. The zero-order valence-electron chi connectivity index (χ0n) is 12.8. The van der Waals surface area contributed by atoms with Gasteiger partial charge in [-0.15, -0.1) is 0 Å². The number of hydrogen-bond donors (Lipinski definition) is 3. The van der Waals surface area contributed by atoms with Gasteiger partial charge in [0.1, 0.15) is 0 Å². The van der Waals surface area contributed by atoms with Crippen molar-refractivity contribution in [1.29, 1.82) is 0 Å². The summed E-state index contributed by atoms with van der Waals surface area (Å²) in [6, 6.07) is 7.08. The monoisotopic (exact) mass is 312 g/mol. The maximum absolute atomic E-state index is 12.2. The lowest BCUT2D eigenvalue weighted by Gasteiger charge is -2.19. The molecule has 0 bridgehead atoms. The van der Waals surface area contributed by atoms with Crippen molar-refractivity contribution < 1.29 is 9.90 Å². The van der Waals surface area contributed by atoms with Gasteiger partial charge in [-0.3, -0.25) is 14.8 Å². The predicted octanol–water partition coefficient (Wildman–Crippen LogP) is 1.05. The molecule has 1 aliphatic heterocycles. The Morgan fingerprint density at radius 1 is 1.35 bits per heavy atom. The van der Waals surface area contributed by atoms with Gasteiger partial charge in [0, 0.05) is 18.0 Å². The second-order valence-electron chi connectivity index (χ2n) is 5.61. The van der Waals surface area contributed by atoms with Crippen molar-refractivity contribution in [2.24, 2.45) is 0 Å². The largest absolute Gasteiger partial charge is 0.394 e. The van der Waals surface area contributed by atoms with Gasteiger partial charge in [-0.1, -0.05) is 24.3 Å². The summed E-state index contributed by atoms with van der Waals surface area (Å²) in [6.45, 7) is 0.734. The van der Waals surface area contributed by atoms with Crippen LogP contribution in [0, 0.1) is 0 Å². The van der Waals surface area contributed by atoms with Crippen LogP contribution >= 0.6 is 0 Å². The van der Waals surface area contributed by atoms with Gasteiger partial charge in [0.25, 0.3) is 0 Å². The molecule has 2 atom stereocenters. The zero-order valence-corrected chi connectivity index (χ0v) is 12.8. The maximum Gasteiger partial charge on any atom is 0.237 e. The smallest absolute Gasteiger partial charge is 0.237 e. The van der Waals surface area contributed by atoms with Gasteiger partial charge in [-0.2, -0.15) is 0 Å². The molecule has 1 aliphatic rings. The van der Waals surface area contributed by atoms with Crippen LogP contribution in [0.4, 0.5) is 0 Å². The Labute approximate surface area is 135 Å². The van der Waals surface area contributed by atoms with E-state index in [-0.39, 0.29) is 18.6 Å². The van der Waals surface area contributed by atoms with E-state index < -0.39 is 6.04 Å². The number of nitrogens with one attached hydrogen (secondary N) is 2. The van der Waals surface area contributed by atoms with Gasteiger partial charge in [-0.05, 0) is 24.9 Å². The van der Waals surface area contributed by atoms with Crippen LogP contribution in [-0.4, -0.2) is 40.2 Å². The SMILES string of the molecule is O=C(NC(CO)c1ccc(-c2cnccn2)cc1)C1CCCN1. The van der Waals surface area contributed by atoms with Crippen molar-refractivity contribution in [3.8, 4) is 11.3 Å². The van der Waals surface area contributed by atoms with Crippen LogP contribution in [0.5, 0.6) is 0 Å². The van der Waals surface area contributed by atoms with E-state index in [2.05, 4.69) is 20.6 Å². The van der Waals surface area contributed by atoms with Crippen molar-refractivity contribution in [3.05, 3.63) is 48.4 Å². The molecule has 0 spiro atoms. The normalized spacial score (nSPS) is 18.6. The first-order valence-electron chi connectivity index (χ1n) is 7.79. The van der Waals surface area contributed by atoms with Gasteiger partial charge >= 0.3 is 0 Å². The van der Waals surface area contributed by atoms with Crippen LogP contribution in [0.15, 0.2) is 42.9 Å². The number of nitrogens with zero attached hydrogens (tertiary/aromatic N) is 2. The van der Waals surface area contributed by atoms with Crippen LogP contribution in [-0.2, 0) is 4.79 Å². The third-order valence-electron chi connectivity index (χ3n) is 4.05. The Morgan fingerprint density at radius 3 is 2.78 bits per heavy atom. The number of hydrogen-bond acceptors (Lipinski definition) is 5. The van der Waals surface area contributed by atoms with E-state index in [9.17, 15) is 9.90 Å². The Hall–Kier alpha value is -2.31. The Morgan fingerprint density at radius 2 is 2.17 bits per heavy atom. The minimum atomic E-state index is -0.402. The lowest BCUT2D eigenvalue weighted by molar-refractivity contribution is -0.123. The van der Waals surface area contributed by atoms with Crippen LogP contribution in [0.2, 0.25) is 0 Å². The number of carbonyl (C=O) groups is 1. The molecule has 1 fully saturated rings. The molecule has 1 saturated heterocycles. The van der Waals surface area contributed by atoms with Crippen molar-refractivity contribution in [1.82, 2.24) is 20.6 Å². The molecule has 1 aromatic carbocycles. The molecule has 120 valence electrons. The Balaban J connectivity index is 1.70. The van der Waals surface area contributed by atoms with Crippen molar-refractivity contribution in [2.75, 3.05) is 13.2 Å².